The maximum absolute atomic E-state index is 10.9. The van der Waals surface area contributed by atoms with Gasteiger partial charge in [-0.25, -0.2) is 9.78 Å². The van der Waals surface area contributed by atoms with Crippen molar-refractivity contribution in [1.82, 2.24) is 9.97 Å². The zero-order valence-corrected chi connectivity index (χ0v) is 19.3. The first-order chi connectivity index (χ1) is 17.2. The minimum atomic E-state index is -0.976. The summed E-state index contributed by atoms with van der Waals surface area (Å²) >= 11 is 0. The molecule has 5 rings (SSSR count). The Morgan fingerprint density at radius 2 is 1.91 bits per heavy atom. The molecule has 2 aromatic heterocycles. The number of hydrogen-bond donors (Lipinski definition) is 1. The summed E-state index contributed by atoms with van der Waals surface area (Å²) in [5.41, 5.74) is 6.42. The van der Waals surface area contributed by atoms with Crippen LogP contribution in [0.3, 0.4) is 0 Å². The second-order valence-electron chi connectivity index (χ2n) is 8.56. The van der Waals surface area contributed by atoms with Gasteiger partial charge in [0.15, 0.2) is 6.61 Å². The van der Waals surface area contributed by atoms with Gasteiger partial charge in [-0.2, -0.15) is 0 Å². The first kappa shape index (κ1) is 22.6. The number of ether oxygens (including phenoxy) is 1. The largest absolute Gasteiger partial charge is 0.482 e. The summed E-state index contributed by atoms with van der Waals surface area (Å²) in [5, 5.41) is 8.97. The second-order valence-corrected chi connectivity index (χ2v) is 8.56. The summed E-state index contributed by atoms with van der Waals surface area (Å²) < 4.78 is 11.5. The molecule has 4 aromatic rings. The third kappa shape index (κ3) is 5.17. The fraction of sp³-hybridized carbons (Fsp3) is 0.207. The van der Waals surface area contributed by atoms with Gasteiger partial charge in [-0.1, -0.05) is 54.6 Å². The zero-order chi connectivity index (χ0) is 24.0. The van der Waals surface area contributed by atoms with Crippen molar-refractivity contribution in [3.8, 4) is 5.75 Å². The molecule has 0 aliphatic heterocycles. The quantitative estimate of drug-likeness (QED) is 0.360. The molecule has 1 N–H and O–H groups in total. The number of carbonyl (C=O) groups is 1. The highest BCUT2D eigenvalue weighted by Crippen LogP contribution is 2.36. The van der Waals surface area contributed by atoms with Crippen LogP contribution in [-0.2, 0) is 17.6 Å². The van der Waals surface area contributed by atoms with E-state index in [0.717, 1.165) is 47.2 Å². The van der Waals surface area contributed by atoms with Gasteiger partial charge < -0.3 is 14.3 Å². The third-order valence-electron chi connectivity index (χ3n) is 6.23. The van der Waals surface area contributed by atoms with E-state index in [2.05, 4.69) is 29.3 Å². The predicted molar refractivity (Wildman–Crippen MR) is 132 cm³/mol. The number of hydrogen-bond acceptors (Lipinski definition) is 5. The van der Waals surface area contributed by atoms with E-state index < -0.39 is 5.97 Å². The van der Waals surface area contributed by atoms with E-state index >= 15 is 0 Å². The van der Waals surface area contributed by atoms with Crippen LogP contribution in [0.1, 0.15) is 52.6 Å². The number of oxazole rings is 1. The first-order valence-corrected chi connectivity index (χ1v) is 11.7. The van der Waals surface area contributed by atoms with Gasteiger partial charge in [0.05, 0.1) is 11.6 Å². The average Bonchev–Trinajstić information content (AvgIpc) is 3.36. The van der Waals surface area contributed by atoms with Crippen LogP contribution in [0.4, 0.5) is 0 Å². The summed E-state index contributed by atoms with van der Waals surface area (Å²) in [6, 6.07) is 20.0. The number of carboxylic acid groups (broad SMARTS) is 1. The van der Waals surface area contributed by atoms with Gasteiger partial charge in [0.1, 0.15) is 12.0 Å². The molecule has 1 unspecified atom stereocenters. The summed E-state index contributed by atoms with van der Waals surface area (Å²) in [6.45, 7) is -0.337. The van der Waals surface area contributed by atoms with Crippen LogP contribution in [0.15, 0.2) is 89.8 Å². The molecular weight excluding hydrogens is 440 g/mol. The number of aliphatic carboxylic acids is 1. The van der Waals surface area contributed by atoms with Gasteiger partial charge in [0, 0.05) is 24.4 Å². The molecule has 0 fully saturated rings. The number of aromatic nitrogens is 2. The van der Waals surface area contributed by atoms with Crippen LogP contribution < -0.4 is 4.74 Å². The Hall–Kier alpha value is -4.19. The average molecular weight is 467 g/mol. The molecule has 1 aliphatic carbocycles. The number of carboxylic acids is 1. The molecule has 6 heteroatoms. The van der Waals surface area contributed by atoms with Crippen molar-refractivity contribution in [1.29, 1.82) is 0 Å². The highest BCUT2D eigenvalue weighted by molar-refractivity contribution is 5.73. The zero-order valence-electron chi connectivity index (χ0n) is 19.3. The van der Waals surface area contributed by atoms with E-state index in [1.807, 2.05) is 48.7 Å². The van der Waals surface area contributed by atoms with Crippen molar-refractivity contribution >= 4 is 11.5 Å². The minimum Gasteiger partial charge on any atom is -0.482 e. The van der Waals surface area contributed by atoms with Crippen LogP contribution in [0.25, 0.3) is 5.57 Å². The van der Waals surface area contributed by atoms with Gasteiger partial charge in [-0.15, -0.1) is 0 Å². The molecule has 2 heterocycles. The molecule has 0 amide bonds. The van der Waals surface area contributed by atoms with Gasteiger partial charge >= 0.3 is 5.97 Å². The van der Waals surface area contributed by atoms with Crippen LogP contribution in [0.2, 0.25) is 0 Å². The van der Waals surface area contributed by atoms with Crippen LogP contribution in [-0.4, -0.2) is 27.7 Å². The maximum Gasteiger partial charge on any atom is 0.341 e. The molecule has 0 bridgehead atoms. The number of nitrogens with zero attached hydrogens (tertiary/aromatic N) is 2. The standard InChI is InChI=1S/C29H26N2O4/c32-27(33)19-34-26-13-5-11-24-20(9-4-12-25(24)26)14-15-23-18-35-29(31-23)28(21-7-2-1-3-8-21)22-10-6-16-30-17-22/h1-3,5-8,10-11,13-14,16-18,28H,4,9,12,15,19H2,(H,32,33). The molecule has 176 valence electrons. The van der Waals surface area contributed by atoms with E-state index in [9.17, 15) is 4.79 Å². The lowest BCUT2D eigenvalue weighted by Gasteiger charge is -2.21. The van der Waals surface area contributed by atoms with E-state index in [1.54, 1.807) is 12.5 Å². The first-order valence-electron chi connectivity index (χ1n) is 11.7. The molecule has 0 saturated heterocycles. The van der Waals surface area contributed by atoms with Crippen LogP contribution >= 0.6 is 0 Å². The summed E-state index contributed by atoms with van der Waals surface area (Å²) in [7, 11) is 0. The van der Waals surface area contributed by atoms with E-state index in [4.69, 9.17) is 19.2 Å². The Bertz CT molecular complexity index is 1290. The molecule has 0 spiro atoms. The normalized spacial score (nSPS) is 14.9. The van der Waals surface area contributed by atoms with Crippen molar-refractivity contribution in [3.05, 3.63) is 119 Å². The lowest BCUT2D eigenvalue weighted by atomic mass is 9.86. The SMILES string of the molecule is O=C(O)COc1cccc2c1CCCC2=CCc1coc(C(c2ccccc2)c2cccnc2)n1. The molecule has 1 atom stereocenters. The third-order valence-corrected chi connectivity index (χ3v) is 6.23. The topological polar surface area (TPSA) is 85.5 Å². The Balaban J connectivity index is 1.39. The molecule has 6 nitrogen and oxygen atoms in total. The predicted octanol–water partition coefficient (Wildman–Crippen LogP) is 5.68. The molecule has 35 heavy (non-hydrogen) atoms. The lowest BCUT2D eigenvalue weighted by molar-refractivity contribution is -0.139. The van der Waals surface area contributed by atoms with Crippen molar-refractivity contribution in [3.63, 3.8) is 0 Å². The molecular formula is C29H26N2O4. The smallest absolute Gasteiger partial charge is 0.341 e. The Morgan fingerprint density at radius 1 is 1.06 bits per heavy atom. The summed E-state index contributed by atoms with van der Waals surface area (Å²) in [6.07, 6.45) is 11.0. The van der Waals surface area contributed by atoms with Gasteiger partial charge in [-0.05, 0) is 53.7 Å². The van der Waals surface area contributed by atoms with Gasteiger partial charge in [-0.3, -0.25) is 4.98 Å². The lowest BCUT2D eigenvalue weighted by Crippen LogP contribution is -2.12. The fourth-order valence-electron chi connectivity index (χ4n) is 4.65. The summed E-state index contributed by atoms with van der Waals surface area (Å²) in [4.78, 5) is 20.1. The molecule has 2 aromatic carbocycles. The Morgan fingerprint density at radius 3 is 2.71 bits per heavy atom. The van der Waals surface area contributed by atoms with Crippen molar-refractivity contribution in [2.75, 3.05) is 6.61 Å². The summed E-state index contributed by atoms with van der Waals surface area (Å²) in [5.74, 6) is 0.194. The van der Waals surface area contributed by atoms with Gasteiger partial charge in [0.25, 0.3) is 0 Å². The molecule has 1 aliphatic rings. The van der Waals surface area contributed by atoms with Crippen molar-refractivity contribution < 1.29 is 19.1 Å². The second kappa shape index (κ2) is 10.4. The molecule has 0 saturated carbocycles. The number of benzene rings is 2. The van der Waals surface area contributed by atoms with Crippen molar-refractivity contribution in [2.24, 2.45) is 0 Å². The van der Waals surface area contributed by atoms with Crippen molar-refractivity contribution in [2.45, 2.75) is 31.6 Å². The minimum absolute atomic E-state index is 0.129. The van der Waals surface area contributed by atoms with E-state index in [-0.39, 0.29) is 12.5 Å². The molecule has 0 radical (unpaired) electrons. The fourth-order valence-corrected chi connectivity index (χ4v) is 4.65. The van der Waals surface area contributed by atoms with Crippen LogP contribution in [0, 0.1) is 0 Å². The number of pyridine rings is 1. The highest BCUT2D eigenvalue weighted by atomic mass is 16.5. The number of allylic oxidation sites excluding steroid dienone is 2. The van der Waals surface area contributed by atoms with E-state index in [0.29, 0.717) is 18.1 Å². The Labute approximate surface area is 203 Å². The maximum atomic E-state index is 10.9. The Kier molecular flexibility index (Phi) is 6.70. The number of rotatable bonds is 8. The van der Waals surface area contributed by atoms with E-state index in [1.165, 1.54) is 5.57 Å². The van der Waals surface area contributed by atoms with Gasteiger partial charge in [0.2, 0.25) is 5.89 Å². The monoisotopic (exact) mass is 466 g/mol. The highest BCUT2D eigenvalue weighted by Gasteiger charge is 2.23. The number of fused-ring (bicyclic) bond motifs is 1. The van der Waals surface area contributed by atoms with Crippen LogP contribution in [0.5, 0.6) is 5.75 Å².